The van der Waals surface area contributed by atoms with Crippen molar-refractivity contribution in [1.82, 2.24) is 10.2 Å². The Hall–Kier alpha value is -1.12. The monoisotopic (exact) mass is 265 g/mol. The van der Waals surface area contributed by atoms with Gasteiger partial charge in [0, 0.05) is 25.7 Å². The van der Waals surface area contributed by atoms with Crippen LogP contribution in [-0.4, -0.2) is 49.7 Å². The summed E-state index contributed by atoms with van der Waals surface area (Å²) in [4.78, 5) is 14.5. The maximum absolute atomic E-state index is 12.2. The molecule has 1 amide bonds. The van der Waals surface area contributed by atoms with Gasteiger partial charge in [0.1, 0.15) is 5.41 Å². The van der Waals surface area contributed by atoms with Gasteiger partial charge < -0.3 is 10.1 Å². The maximum Gasteiger partial charge on any atom is 0.240 e. The van der Waals surface area contributed by atoms with Crippen LogP contribution in [-0.2, 0) is 9.53 Å². The van der Waals surface area contributed by atoms with Gasteiger partial charge in [-0.05, 0) is 25.7 Å². The van der Waals surface area contributed by atoms with Crippen LogP contribution in [0, 0.1) is 22.7 Å². The van der Waals surface area contributed by atoms with E-state index in [2.05, 4.69) is 23.2 Å². The van der Waals surface area contributed by atoms with Gasteiger partial charge in [-0.15, -0.1) is 0 Å². The Balaban J connectivity index is 1.80. The zero-order valence-corrected chi connectivity index (χ0v) is 11.8. The van der Waals surface area contributed by atoms with E-state index in [1.54, 1.807) is 0 Å². The van der Waals surface area contributed by atoms with Gasteiger partial charge in [0.15, 0.2) is 0 Å². The van der Waals surface area contributed by atoms with E-state index >= 15 is 0 Å². The smallest absolute Gasteiger partial charge is 0.240 e. The van der Waals surface area contributed by atoms with E-state index in [4.69, 9.17) is 4.74 Å². The van der Waals surface area contributed by atoms with Gasteiger partial charge in [-0.1, -0.05) is 6.92 Å². The van der Waals surface area contributed by atoms with E-state index in [0.29, 0.717) is 18.8 Å². The average molecular weight is 265 g/mol. The van der Waals surface area contributed by atoms with Gasteiger partial charge in [-0.2, -0.15) is 5.26 Å². The summed E-state index contributed by atoms with van der Waals surface area (Å²) in [5, 5.41) is 12.2. The molecule has 0 aromatic rings. The molecule has 5 nitrogen and oxygen atoms in total. The number of ether oxygens (including phenoxy) is 1. The third-order valence-electron chi connectivity index (χ3n) is 4.06. The Bertz CT molecular complexity index is 365. The van der Waals surface area contributed by atoms with E-state index in [0.717, 1.165) is 32.8 Å². The Labute approximate surface area is 114 Å². The maximum atomic E-state index is 12.2. The van der Waals surface area contributed by atoms with E-state index < -0.39 is 5.41 Å². The quantitative estimate of drug-likeness (QED) is 0.815. The van der Waals surface area contributed by atoms with Gasteiger partial charge in [-0.3, -0.25) is 9.69 Å². The van der Waals surface area contributed by atoms with Crippen molar-refractivity contribution in [1.29, 1.82) is 5.26 Å². The molecule has 0 aromatic heterocycles. The lowest BCUT2D eigenvalue weighted by Crippen LogP contribution is -2.53. The summed E-state index contributed by atoms with van der Waals surface area (Å²) in [6.45, 7) is 8.27. The summed E-state index contributed by atoms with van der Waals surface area (Å²) < 4.78 is 5.30. The first-order chi connectivity index (χ1) is 9.05. The zero-order valence-electron chi connectivity index (χ0n) is 11.8. The highest BCUT2D eigenvalue weighted by atomic mass is 16.5. The topological polar surface area (TPSA) is 65.4 Å². The number of nitrogens with zero attached hydrogens (tertiary/aromatic N) is 2. The highest BCUT2D eigenvalue weighted by molar-refractivity contribution is 5.86. The second-order valence-corrected chi connectivity index (χ2v) is 5.99. The van der Waals surface area contributed by atoms with E-state index in [1.165, 1.54) is 0 Å². The number of nitriles is 1. The van der Waals surface area contributed by atoms with Crippen molar-refractivity contribution in [2.45, 2.75) is 32.7 Å². The first kappa shape index (κ1) is 14.3. The van der Waals surface area contributed by atoms with Crippen molar-refractivity contribution < 1.29 is 9.53 Å². The fourth-order valence-electron chi connectivity index (χ4n) is 3.04. The van der Waals surface area contributed by atoms with Crippen LogP contribution in [0.5, 0.6) is 0 Å². The van der Waals surface area contributed by atoms with Crippen LogP contribution < -0.4 is 5.32 Å². The molecule has 0 spiro atoms. The van der Waals surface area contributed by atoms with Crippen molar-refractivity contribution in [3.8, 4) is 6.07 Å². The molecule has 1 aliphatic heterocycles. The summed E-state index contributed by atoms with van der Waals surface area (Å²) in [6.07, 6.45) is 1.39. The Morgan fingerprint density at radius 2 is 2.16 bits per heavy atom. The molecule has 0 radical (unpaired) electrons. The molecule has 1 N–H and O–H groups in total. The molecule has 1 heterocycles. The van der Waals surface area contributed by atoms with Crippen LogP contribution in [0.3, 0.4) is 0 Å². The van der Waals surface area contributed by atoms with Crippen LogP contribution in [0.25, 0.3) is 0 Å². The molecule has 1 atom stereocenters. The van der Waals surface area contributed by atoms with Gasteiger partial charge in [-0.25, -0.2) is 0 Å². The molecule has 2 rings (SSSR count). The third kappa shape index (κ3) is 3.26. The molecule has 1 unspecified atom stereocenters. The molecule has 2 aliphatic rings. The number of hydrogen-bond acceptors (Lipinski definition) is 4. The largest absolute Gasteiger partial charge is 0.379 e. The molecule has 106 valence electrons. The van der Waals surface area contributed by atoms with Gasteiger partial charge in [0.2, 0.25) is 5.91 Å². The van der Waals surface area contributed by atoms with E-state index in [1.807, 2.05) is 6.92 Å². The summed E-state index contributed by atoms with van der Waals surface area (Å²) in [7, 11) is 0. The highest BCUT2D eigenvalue weighted by Crippen LogP contribution is 2.45. The summed E-state index contributed by atoms with van der Waals surface area (Å²) in [5.74, 6) is 0.397. The number of morpholine rings is 1. The third-order valence-corrected chi connectivity index (χ3v) is 4.06. The van der Waals surface area contributed by atoms with Crippen molar-refractivity contribution >= 4 is 5.91 Å². The number of amides is 1. The summed E-state index contributed by atoms with van der Waals surface area (Å²) in [5.41, 5.74) is -0.765. The lowest BCUT2D eigenvalue weighted by molar-refractivity contribution is -0.134. The summed E-state index contributed by atoms with van der Waals surface area (Å²) >= 11 is 0. The predicted octanol–water partition coefficient (Wildman–Crippen LogP) is 0.763. The Morgan fingerprint density at radius 1 is 1.53 bits per heavy atom. The number of carbonyl (C=O) groups excluding carboxylic acids is 1. The van der Waals surface area contributed by atoms with Crippen LogP contribution in [0.4, 0.5) is 0 Å². The number of rotatable bonds is 4. The van der Waals surface area contributed by atoms with E-state index in [9.17, 15) is 10.1 Å². The van der Waals surface area contributed by atoms with Crippen LogP contribution in [0.15, 0.2) is 0 Å². The minimum atomic E-state index is -0.765. The molecular weight excluding hydrogens is 242 g/mol. The van der Waals surface area contributed by atoms with Crippen LogP contribution in [0.1, 0.15) is 26.7 Å². The Morgan fingerprint density at radius 3 is 2.68 bits per heavy atom. The fraction of sp³-hybridized carbons (Fsp3) is 0.857. The fourth-order valence-corrected chi connectivity index (χ4v) is 3.04. The number of nitrogens with one attached hydrogen (secondary N) is 1. The molecule has 5 heteroatoms. The minimum Gasteiger partial charge on any atom is -0.379 e. The number of carbonyl (C=O) groups is 1. The van der Waals surface area contributed by atoms with Crippen LogP contribution >= 0.6 is 0 Å². The normalized spacial score (nSPS) is 33.0. The Kier molecular flexibility index (Phi) is 4.43. The first-order valence-electron chi connectivity index (χ1n) is 7.08. The second kappa shape index (κ2) is 5.89. The molecule has 0 bridgehead atoms. The molecule has 1 saturated carbocycles. The van der Waals surface area contributed by atoms with Crippen molar-refractivity contribution in [3.63, 3.8) is 0 Å². The van der Waals surface area contributed by atoms with Crippen molar-refractivity contribution in [3.05, 3.63) is 0 Å². The highest BCUT2D eigenvalue weighted by Gasteiger charge is 2.49. The SMILES string of the molecule is CC1CC(C#N)(C(=O)NC(C)CN2CCOCC2)C1. The van der Waals surface area contributed by atoms with Crippen molar-refractivity contribution in [2.24, 2.45) is 11.3 Å². The molecule has 0 aromatic carbocycles. The standard InChI is InChI=1S/C14H23N3O2/c1-11-7-14(8-11,10-15)13(18)16-12(2)9-17-3-5-19-6-4-17/h11-12H,3-9H2,1-2H3,(H,16,18). The van der Waals surface area contributed by atoms with Gasteiger partial charge in [0.25, 0.3) is 0 Å². The van der Waals surface area contributed by atoms with Crippen molar-refractivity contribution in [2.75, 3.05) is 32.8 Å². The minimum absolute atomic E-state index is 0.0757. The summed E-state index contributed by atoms with van der Waals surface area (Å²) in [6, 6.07) is 2.28. The average Bonchev–Trinajstić information content (AvgIpc) is 2.35. The second-order valence-electron chi connectivity index (χ2n) is 5.99. The zero-order chi connectivity index (χ0) is 13.9. The molecule has 1 saturated heterocycles. The lowest BCUT2D eigenvalue weighted by atomic mass is 9.63. The number of hydrogen-bond donors (Lipinski definition) is 1. The van der Waals surface area contributed by atoms with Gasteiger partial charge in [0.05, 0.1) is 19.3 Å². The molecular formula is C14H23N3O2. The molecule has 2 fully saturated rings. The first-order valence-corrected chi connectivity index (χ1v) is 7.08. The van der Waals surface area contributed by atoms with Gasteiger partial charge >= 0.3 is 0 Å². The lowest BCUT2D eigenvalue weighted by Gasteiger charge is -2.40. The van der Waals surface area contributed by atoms with Crippen LogP contribution in [0.2, 0.25) is 0 Å². The molecule has 1 aliphatic carbocycles. The molecule has 19 heavy (non-hydrogen) atoms. The predicted molar refractivity (Wildman–Crippen MR) is 71.3 cm³/mol. The van der Waals surface area contributed by atoms with E-state index in [-0.39, 0.29) is 11.9 Å².